The van der Waals surface area contributed by atoms with Gasteiger partial charge >= 0.3 is 0 Å². The van der Waals surface area contributed by atoms with Gasteiger partial charge in [0.2, 0.25) is 5.95 Å². The Morgan fingerprint density at radius 1 is 1.00 bits per heavy atom. The van der Waals surface area contributed by atoms with Crippen LogP contribution in [0.4, 0.5) is 23.3 Å². The number of carbonyl (C=O) groups excluding carboxylic acids is 1. The van der Waals surface area contributed by atoms with Gasteiger partial charge in [-0.25, -0.2) is 4.98 Å². The Morgan fingerprint density at radius 3 is 2.50 bits per heavy atom. The fourth-order valence-corrected chi connectivity index (χ4v) is 3.15. The molecule has 0 spiro atoms. The number of Topliss-reactive ketones (excluding diaryl/α,β-unsaturated/α-hetero) is 1. The van der Waals surface area contributed by atoms with E-state index in [0.29, 0.717) is 11.5 Å². The van der Waals surface area contributed by atoms with Crippen LogP contribution >= 0.6 is 0 Å². The first-order valence-corrected chi connectivity index (χ1v) is 9.18. The van der Waals surface area contributed by atoms with E-state index in [2.05, 4.69) is 35.3 Å². The Bertz CT molecular complexity index is 956. The standard InChI is InChI=1S/C20H21N7O/c1-15(28)16-5-4-6-17(13-16)23-20-24-19(14-22-25-20)27-11-9-26(10-12-27)18-7-2-3-8-21-18/h2-8,13-14H,9-12H2,1H3,(H,23,24,25). The van der Waals surface area contributed by atoms with E-state index in [-0.39, 0.29) is 5.78 Å². The number of pyridine rings is 1. The Kier molecular flexibility index (Phi) is 5.09. The van der Waals surface area contributed by atoms with Gasteiger partial charge in [-0.3, -0.25) is 4.79 Å². The van der Waals surface area contributed by atoms with Crippen LogP contribution < -0.4 is 15.1 Å². The van der Waals surface area contributed by atoms with Gasteiger partial charge in [-0.2, -0.15) is 10.1 Å². The molecule has 2 aromatic heterocycles. The zero-order valence-corrected chi connectivity index (χ0v) is 15.6. The monoisotopic (exact) mass is 375 g/mol. The van der Waals surface area contributed by atoms with Crippen molar-refractivity contribution in [3.8, 4) is 0 Å². The highest BCUT2D eigenvalue weighted by atomic mass is 16.1. The average Bonchev–Trinajstić information content (AvgIpc) is 2.75. The largest absolute Gasteiger partial charge is 0.353 e. The molecule has 8 heteroatoms. The van der Waals surface area contributed by atoms with Crippen molar-refractivity contribution in [2.45, 2.75) is 6.92 Å². The van der Waals surface area contributed by atoms with Gasteiger partial charge in [0.15, 0.2) is 11.6 Å². The molecule has 1 N–H and O–H groups in total. The second-order valence-corrected chi connectivity index (χ2v) is 6.56. The summed E-state index contributed by atoms with van der Waals surface area (Å²) in [6.07, 6.45) is 3.49. The van der Waals surface area contributed by atoms with Crippen LogP contribution in [0.3, 0.4) is 0 Å². The normalized spacial score (nSPS) is 14.0. The molecule has 0 bridgehead atoms. The molecule has 0 radical (unpaired) electrons. The number of carbonyl (C=O) groups is 1. The molecule has 1 aliphatic rings. The van der Waals surface area contributed by atoms with Gasteiger partial charge in [0.25, 0.3) is 0 Å². The number of aromatic nitrogens is 4. The van der Waals surface area contributed by atoms with E-state index in [1.165, 1.54) is 0 Å². The lowest BCUT2D eigenvalue weighted by atomic mass is 10.1. The number of ketones is 1. The van der Waals surface area contributed by atoms with E-state index in [9.17, 15) is 4.79 Å². The van der Waals surface area contributed by atoms with Crippen LogP contribution in [0, 0.1) is 0 Å². The fraction of sp³-hybridized carbons (Fsp3) is 0.250. The number of nitrogens with zero attached hydrogens (tertiary/aromatic N) is 6. The predicted octanol–water partition coefficient (Wildman–Crippen LogP) is 2.54. The Morgan fingerprint density at radius 2 is 1.79 bits per heavy atom. The van der Waals surface area contributed by atoms with Gasteiger partial charge in [-0.15, -0.1) is 5.10 Å². The molecule has 3 aromatic rings. The van der Waals surface area contributed by atoms with Crippen molar-refractivity contribution >= 4 is 29.1 Å². The maximum absolute atomic E-state index is 11.6. The number of rotatable bonds is 5. The topological polar surface area (TPSA) is 87.1 Å². The molecule has 3 heterocycles. The number of piperazine rings is 1. The summed E-state index contributed by atoms with van der Waals surface area (Å²) < 4.78 is 0. The maximum atomic E-state index is 11.6. The van der Waals surface area contributed by atoms with E-state index < -0.39 is 0 Å². The molecule has 142 valence electrons. The smallest absolute Gasteiger partial charge is 0.249 e. The molecular weight excluding hydrogens is 354 g/mol. The van der Waals surface area contributed by atoms with Crippen LogP contribution in [0.1, 0.15) is 17.3 Å². The molecule has 1 saturated heterocycles. The van der Waals surface area contributed by atoms with Crippen molar-refractivity contribution in [3.63, 3.8) is 0 Å². The minimum Gasteiger partial charge on any atom is -0.353 e. The first-order chi connectivity index (χ1) is 13.7. The quantitative estimate of drug-likeness (QED) is 0.681. The third-order valence-corrected chi connectivity index (χ3v) is 4.65. The molecule has 0 unspecified atom stereocenters. The minimum absolute atomic E-state index is 0.0159. The van der Waals surface area contributed by atoms with Crippen molar-refractivity contribution < 1.29 is 4.79 Å². The molecule has 0 aliphatic carbocycles. The van der Waals surface area contributed by atoms with E-state index in [1.807, 2.05) is 36.5 Å². The molecule has 1 aromatic carbocycles. The Hall–Kier alpha value is -3.55. The van der Waals surface area contributed by atoms with Crippen LogP contribution in [0.15, 0.2) is 54.9 Å². The van der Waals surface area contributed by atoms with Crippen molar-refractivity contribution in [2.24, 2.45) is 0 Å². The summed E-state index contributed by atoms with van der Waals surface area (Å²) in [4.78, 5) is 25.0. The maximum Gasteiger partial charge on any atom is 0.249 e. The van der Waals surface area contributed by atoms with Crippen LogP contribution in [0.25, 0.3) is 0 Å². The SMILES string of the molecule is CC(=O)c1cccc(Nc2nncc(N3CCN(c4ccccn4)CC3)n2)c1. The van der Waals surface area contributed by atoms with E-state index in [1.54, 1.807) is 25.3 Å². The van der Waals surface area contributed by atoms with Gasteiger partial charge in [-0.05, 0) is 31.2 Å². The number of anilines is 4. The molecule has 0 saturated carbocycles. The summed E-state index contributed by atoms with van der Waals surface area (Å²) in [7, 11) is 0. The Labute approximate surface area is 163 Å². The molecule has 28 heavy (non-hydrogen) atoms. The third-order valence-electron chi connectivity index (χ3n) is 4.65. The highest BCUT2D eigenvalue weighted by Crippen LogP contribution is 2.19. The summed E-state index contributed by atoms with van der Waals surface area (Å²) in [6.45, 7) is 4.93. The number of hydrogen-bond acceptors (Lipinski definition) is 8. The molecule has 1 fully saturated rings. The van der Waals surface area contributed by atoms with Gasteiger partial charge in [0, 0.05) is 43.6 Å². The summed E-state index contributed by atoms with van der Waals surface area (Å²) in [5.74, 6) is 2.20. The first kappa shape index (κ1) is 17.8. The lowest BCUT2D eigenvalue weighted by Gasteiger charge is -2.35. The molecule has 1 aliphatic heterocycles. The fourth-order valence-electron chi connectivity index (χ4n) is 3.15. The molecule has 4 rings (SSSR count). The van der Waals surface area contributed by atoms with Gasteiger partial charge < -0.3 is 15.1 Å². The van der Waals surface area contributed by atoms with Gasteiger partial charge in [-0.1, -0.05) is 18.2 Å². The predicted molar refractivity (Wildman–Crippen MR) is 108 cm³/mol. The Balaban J connectivity index is 1.43. The number of hydrogen-bond donors (Lipinski definition) is 1. The van der Waals surface area contributed by atoms with E-state index in [0.717, 1.165) is 43.5 Å². The minimum atomic E-state index is 0.0159. The molecule has 8 nitrogen and oxygen atoms in total. The van der Waals surface area contributed by atoms with Gasteiger partial charge in [0.1, 0.15) is 5.82 Å². The molecular formula is C20H21N7O. The van der Waals surface area contributed by atoms with Crippen molar-refractivity contribution in [2.75, 3.05) is 41.3 Å². The summed E-state index contributed by atoms with van der Waals surface area (Å²) in [5, 5.41) is 11.3. The summed E-state index contributed by atoms with van der Waals surface area (Å²) in [5.41, 5.74) is 1.39. The lowest BCUT2D eigenvalue weighted by Crippen LogP contribution is -2.47. The van der Waals surface area contributed by atoms with Crippen LogP contribution in [0.2, 0.25) is 0 Å². The van der Waals surface area contributed by atoms with Crippen LogP contribution in [-0.4, -0.2) is 52.1 Å². The average molecular weight is 375 g/mol. The zero-order chi connectivity index (χ0) is 19.3. The van der Waals surface area contributed by atoms with Crippen molar-refractivity contribution in [1.82, 2.24) is 20.2 Å². The van der Waals surface area contributed by atoms with Crippen LogP contribution in [0.5, 0.6) is 0 Å². The second kappa shape index (κ2) is 7.99. The van der Waals surface area contributed by atoms with Gasteiger partial charge in [0.05, 0.1) is 6.20 Å². The van der Waals surface area contributed by atoms with Crippen LogP contribution in [-0.2, 0) is 0 Å². The highest BCUT2D eigenvalue weighted by molar-refractivity contribution is 5.95. The van der Waals surface area contributed by atoms with E-state index >= 15 is 0 Å². The zero-order valence-electron chi connectivity index (χ0n) is 15.6. The molecule has 0 amide bonds. The van der Waals surface area contributed by atoms with Crippen molar-refractivity contribution in [1.29, 1.82) is 0 Å². The van der Waals surface area contributed by atoms with Crippen molar-refractivity contribution in [3.05, 3.63) is 60.4 Å². The first-order valence-electron chi connectivity index (χ1n) is 9.18. The highest BCUT2D eigenvalue weighted by Gasteiger charge is 2.19. The number of benzene rings is 1. The number of nitrogens with one attached hydrogen (secondary N) is 1. The van der Waals surface area contributed by atoms with E-state index in [4.69, 9.17) is 0 Å². The third kappa shape index (κ3) is 4.06. The molecule has 0 atom stereocenters. The second-order valence-electron chi connectivity index (χ2n) is 6.56. The summed E-state index contributed by atoms with van der Waals surface area (Å²) >= 11 is 0. The summed E-state index contributed by atoms with van der Waals surface area (Å²) in [6, 6.07) is 13.2. The lowest BCUT2D eigenvalue weighted by molar-refractivity contribution is 0.101.